The van der Waals surface area contributed by atoms with Crippen LogP contribution in [0.2, 0.25) is 5.02 Å². The molecule has 0 spiro atoms. The Labute approximate surface area is 146 Å². The molecule has 0 heterocycles. The van der Waals surface area contributed by atoms with Crippen LogP contribution < -0.4 is 10.2 Å². The monoisotopic (exact) mass is 346 g/mol. The molecule has 6 heteroatoms. The van der Waals surface area contributed by atoms with E-state index in [9.17, 15) is 4.79 Å². The van der Waals surface area contributed by atoms with Crippen molar-refractivity contribution in [1.82, 2.24) is 5.43 Å². The number of ether oxygens (including phenoxy) is 2. The summed E-state index contributed by atoms with van der Waals surface area (Å²) in [5, 5.41) is 4.62. The average molecular weight is 347 g/mol. The van der Waals surface area contributed by atoms with Crippen LogP contribution >= 0.6 is 11.6 Å². The van der Waals surface area contributed by atoms with Gasteiger partial charge in [0.05, 0.1) is 26.4 Å². The number of nitrogens with one attached hydrogen (secondary N) is 1. The lowest BCUT2D eigenvalue weighted by Gasteiger charge is -2.08. The molecule has 0 aliphatic heterocycles. The van der Waals surface area contributed by atoms with E-state index >= 15 is 0 Å². The maximum Gasteiger partial charge on any atom is 0.244 e. The molecule has 1 amide bonds. The van der Waals surface area contributed by atoms with Crippen molar-refractivity contribution in [3.05, 3.63) is 64.2 Å². The SMILES string of the molecule is COCc1cc(/C=N\NC(=O)Cc2ccc(Cl)cc2)ccc1OC. The zero-order chi connectivity index (χ0) is 17.4. The molecule has 0 aromatic heterocycles. The van der Waals surface area contributed by atoms with E-state index in [1.807, 2.05) is 30.3 Å². The maximum absolute atomic E-state index is 11.9. The Morgan fingerprint density at radius 2 is 1.96 bits per heavy atom. The molecule has 1 N–H and O–H groups in total. The Morgan fingerprint density at radius 1 is 1.21 bits per heavy atom. The fourth-order valence-electron chi connectivity index (χ4n) is 2.15. The molecule has 5 nitrogen and oxygen atoms in total. The largest absolute Gasteiger partial charge is 0.496 e. The van der Waals surface area contributed by atoms with E-state index in [1.165, 1.54) is 0 Å². The molecule has 0 unspecified atom stereocenters. The van der Waals surface area contributed by atoms with E-state index in [1.54, 1.807) is 32.6 Å². The Hall–Kier alpha value is -2.37. The topological polar surface area (TPSA) is 59.9 Å². The standard InChI is InChI=1S/C18H19ClN2O3/c1-23-12-15-9-14(5-8-17(15)24-2)11-20-21-18(22)10-13-3-6-16(19)7-4-13/h3-9,11H,10,12H2,1-2H3,(H,21,22)/b20-11-. The Balaban J connectivity index is 1.94. The van der Waals surface area contributed by atoms with Crippen LogP contribution in [0.15, 0.2) is 47.6 Å². The van der Waals surface area contributed by atoms with Crippen LogP contribution in [0.4, 0.5) is 0 Å². The minimum Gasteiger partial charge on any atom is -0.496 e. The van der Waals surface area contributed by atoms with Crippen LogP contribution in [0.5, 0.6) is 5.75 Å². The molecule has 126 valence electrons. The highest BCUT2D eigenvalue weighted by atomic mass is 35.5. The number of methoxy groups -OCH3 is 2. The van der Waals surface area contributed by atoms with Crippen LogP contribution in [0.1, 0.15) is 16.7 Å². The first kappa shape index (κ1) is 18.0. The van der Waals surface area contributed by atoms with Crippen LogP contribution in [0, 0.1) is 0 Å². The lowest BCUT2D eigenvalue weighted by Crippen LogP contribution is -2.19. The number of benzene rings is 2. The number of rotatable bonds is 7. The molecule has 0 radical (unpaired) electrons. The maximum atomic E-state index is 11.9. The van der Waals surface area contributed by atoms with Gasteiger partial charge in [0.2, 0.25) is 5.91 Å². The summed E-state index contributed by atoms with van der Waals surface area (Å²) >= 11 is 5.81. The van der Waals surface area contributed by atoms with Crippen LogP contribution in [0.25, 0.3) is 0 Å². The van der Waals surface area contributed by atoms with Gasteiger partial charge in [-0.05, 0) is 41.5 Å². The van der Waals surface area contributed by atoms with Gasteiger partial charge in [-0.25, -0.2) is 5.43 Å². The third-order valence-corrected chi connectivity index (χ3v) is 3.54. The summed E-state index contributed by atoms with van der Waals surface area (Å²) < 4.78 is 10.4. The Kier molecular flexibility index (Phi) is 6.78. The molecule has 0 aliphatic carbocycles. The van der Waals surface area contributed by atoms with E-state index in [2.05, 4.69) is 10.5 Å². The van der Waals surface area contributed by atoms with Gasteiger partial charge in [-0.1, -0.05) is 23.7 Å². The molecule has 0 aliphatic rings. The van der Waals surface area contributed by atoms with Gasteiger partial charge in [-0.15, -0.1) is 0 Å². The van der Waals surface area contributed by atoms with E-state index < -0.39 is 0 Å². The number of halogens is 1. The van der Waals surface area contributed by atoms with Crippen LogP contribution in [-0.4, -0.2) is 26.3 Å². The van der Waals surface area contributed by atoms with Gasteiger partial charge in [0.15, 0.2) is 0 Å². The molecule has 2 aromatic carbocycles. The van der Waals surface area contributed by atoms with E-state index in [0.29, 0.717) is 11.6 Å². The highest BCUT2D eigenvalue weighted by molar-refractivity contribution is 6.30. The first-order chi connectivity index (χ1) is 11.6. The summed E-state index contributed by atoms with van der Waals surface area (Å²) in [6, 6.07) is 12.7. The van der Waals surface area contributed by atoms with Gasteiger partial charge < -0.3 is 9.47 Å². The highest BCUT2D eigenvalue weighted by Gasteiger charge is 2.04. The van der Waals surface area contributed by atoms with Gasteiger partial charge in [0.25, 0.3) is 0 Å². The van der Waals surface area contributed by atoms with Gasteiger partial charge in [-0.2, -0.15) is 5.10 Å². The lowest BCUT2D eigenvalue weighted by molar-refractivity contribution is -0.120. The first-order valence-electron chi connectivity index (χ1n) is 7.34. The molecule has 2 rings (SSSR count). The Bertz CT molecular complexity index is 715. The third kappa shape index (κ3) is 5.37. The molecule has 0 atom stereocenters. The number of amides is 1. The summed E-state index contributed by atoms with van der Waals surface area (Å²) in [4.78, 5) is 11.9. The normalized spacial score (nSPS) is 10.8. The third-order valence-electron chi connectivity index (χ3n) is 3.29. The summed E-state index contributed by atoms with van der Waals surface area (Å²) in [5.41, 5.74) is 5.14. The Morgan fingerprint density at radius 3 is 2.62 bits per heavy atom. The van der Waals surface area contributed by atoms with Crippen LogP contribution in [0.3, 0.4) is 0 Å². The van der Waals surface area contributed by atoms with Crippen molar-refractivity contribution in [2.45, 2.75) is 13.0 Å². The van der Waals surface area contributed by atoms with Gasteiger partial charge in [-0.3, -0.25) is 4.79 Å². The predicted molar refractivity (Wildman–Crippen MR) is 94.6 cm³/mol. The minimum absolute atomic E-state index is 0.195. The summed E-state index contributed by atoms with van der Waals surface area (Å²) in [7, 11) is 3.23. The van der Waals surface area contributed by atoms with Crippen molar-refractivity contribution in [3.63, 3.8) is 0 Å². The van der Waals surface area contributed by atoms with Crippen molar-refractivity contribution in [2.24, 2.45) is 5.10 Å². The number of hydrogen-bond acceptors (Lipinski definition) is 4. The molecule has 0 bridgehead atoms. The first-order valence-corrected chi connectivity index (χ1v) is 7.72. The molecular formula is C18H19ClN2O3. The molecule has 0 saturated carbocycles. The fraction of sp³-hybridized carbons (Fsp3) is 0.222. The number of hydrazone groups is 1. The zero-order valence-electron chi connectivity index (χ0n) is 13.6. The molecule has 24 heavy (non-hydrogen) atoms. The van der Waals surface area contributed by atoms with Crippen molar-refractivity contribution in [3.8, 4) is 5.75 Å². The summed E-state index contributed by atoms with van der Waals surface area (Å²) in [6.45, 7) is 0.438. The number of carbonyl (C=O) groups excluding carboxylic acids is 1. The molecular weight excluding hydrogens is 328 g/mol. The van der Waals surface area contributed by atoms with E-state index in [0.717, 1.165) is 22.4 Å². The molecule has 0 saturated heterocycles. The zero-order valence-corrected chi connectivity index (χ0v) is 14.3. The number of nitrogens with zero attached hydrogens (tertiary/aromatic N) is 1. The smallest absolute Gasteiger partial charge is 0.244 e. The number of hydrogen-bond donors (Lipinski definition) is 1. The van der Waals surface area contributed by atoms with Crippen molar-refractivity contribution >= 4 is 23.7 Å². The second kappa shape index (κ2) is 9.05. The fourth-order valence-corrected chi connectivity index (χ4v) is 2.28. The second-order valence-electron chi connectivity index (χ2n) is 5.10. The van der Waals surface area contributed by atoms with Gasteiger partial charge in [0.1, 0.15) is 5.75 Å². The average Bonchev–Trinajstić information content (AvgIpc) is 2.57. The summed E-state index contributed by atoms with van der Waals surface area (Å²) in [6.07, 6.45) is 1.82. The molecule has 0 fully saturated rings. The number of carbonyl (C=O) groups is 1. The highest BCUT2D eigenvalue weighted by Crippen LogP contribution is 2.19. The van der Waals surface area contributed by atoms with E-state index in [4.69, 9.17) is 21.1 Å². The second-order valence-corrected chi connectivity index (χ2v) is 5.54. The van der Waals surface area contributed by atoms with Crippen LogP contribution in [-0.2, 0) is 22.6 Å². The van der Waals surface area contributed by atoms with Crippen molar-refractivity contribution in [1.29, 1.82) is 0 Å². The lowest BCUT2D eigenvalue weighted by atomic mass is 10.1. The van der Waals surface area contributed by atoms with Gasteiger partial charge in [0, 0.05) is 17.7 Å². The van der Waals surface area contributed by atoms with E-state index in [-0.39, 0.29) is 12.3 Å². The predicted octanol–water partition coefficient (Wildman–Crippen LogP) is 3.19. The quantitative estimate of drug-likeness (QED) is 0.618. The van der Waals surface area contributed by atoms with Gasteiger partial charge >= 0.3 is 0 Å². The molecule has 2 aromatic rings. The minimum atomic E-state index is -0.195. The van der Waals surface area contributed by atoms with Crippen molar-refractivity contribution in [2.75, 3.05) is 14.2 Å². The summed E-state index contributed by atoms with van der Waals surface area (Å²) in [5.74, 6) is 0.556. The van der Waals surface area contributed by atoms with Crippen molar-refractivity contribution < 1.29 is 14.3 Å².